The number of ketones is 1. The number of fused-ring (bicyclic) bond motifs is 1. The van der Waals surface area contributed by atoms with Crippen LogP contribution in [0.2, 0.25) is 0 Å². The maximum atomic E-state index is 14.4. The maximum Gasteiger partial charge on any atom is 0.460 e. The molecule has 0 amide bonds. The Labute approximate surface area is 188 Å². The van der Waals surface area contributed by atoms with Gasteiger partial charge in [-0.3, -0.25) is 4.79 Å². The molecule has 36 heavy (non-hydrogen) atoms. The van der Waals surface area contributed by atoms with Crippen molar-refractivity contribution in [2.24, 2.45) is 5.92 Å². The third kappa shape index (κ3) is 3.63. The standard InChI is InChI=1S/C18H9F17O/c19-11(20,9-6-5-7-3-1-2-4-8(7)10(9)36)12(21,22)13(23,24)14(25,26)15(27,28)16(29,30)17(31,32)18(33,34)35/h1-4,9H,5-6H2. The van der Waals surface area contributed by atoms with E-state index in [1.165, 1.54) is 6.07 Å². The number of aryl methyl sites for hydroxylation is 1. The molecule has 0 radical (unpaired) electrons. The van der Waals surface area contributed by atoms with Gasteiger partial charge in [-0.25, -0.2) is 0 Å². The second-order valence-corrected chi connectivity index (χ2v) is 7.68. The first-order chi connectivity index (χ1) is 15.7. The van der Waals surface area contributed by atoms with Crippen molar-refractivity contribution in [3.63, 3.8) is 0 Å². The third-order valence-electron chi connectivity index (χ3n) is 5.49. The molecule has 206 valence electrons. The van der Waals surface area contributed by atoms with E-state index in [9.17, 15) is 79.4 Å². The van der Waals surface area contributed by atoms with E-state index in [4.69, 9.17) is 0 Å². The lowest BCUT2D eigenvalue weighted by Crippen LogP contribution is -2.75. The molecule has 18 heteroatoms. The van der Waals surface area contributed by atoms with Gasteiger partial charge in [0.05, 0.1) is 5.92 Å². The van der Waals surface area contributed by atoms with E-state index >= 15 is 0 Å². The van der Waals surface area contributed by atoms with Crippen LogP contribution in [0.3, 0.4) is 0 Å². The molecule has 2 rings (SSSR count). The fourth-order valence-corrected chi connectivity index (χ4v) is 3.34. The van der Waals surface area contributed by atoms with E-state index in [1.807, 2.05) is 0 Å². The fourth-order valence-electron chi connectivity index (χ4n) is 3.34. The zero-order valence-corrected chi connectivity index (χ0v) is 16.6. The van der Waals surface area contributed by atoms with Crippen LogP contribution in [0.15, 0.2) is 24.3 Å². The first kappa shape index (κ1) is 29.9. The Hall–Kier alpha value is -2.30. The number of hydrogen-bond acceptors (Lipinski definition) is 1. The van der Waals surface area contributed by atoms with Gasteiger partial charge in [-0.2, -0.15) is 74.6 Å². The molecule has 1 aliphatic rings. The van der Waals surface area contributed by atoms with E-state index in [0.717, 1.165) is 18.2 Å². The molecule has 0 N–H and O–H groups in total. The topological polar surface area (TPSA) is 17.1 Å². The number of hydrogen-bond donors (Lipinski definition) is 0. The molecule has 0 heterocycles. The third-order valence-corrected chi connectivity index (χ3v) is 5.49. The van der Waals surface area contributed by atoms with Crippen molar-refractivity contribution >= 4 is 5.78 Å². The van der Waals surface area contributed by atoms with Crippen LogP contribution in [0, 0.1) is 5.92 Å². The fraction of sp³-hybridized carbons (Fsp3) is 0.611. The van der Waals surface area contributed by atoms with Crippen molar-refractivity contribution in [3.8, 4) is 0 Å². The molecule has 0 saturated carbocycles. The van der Waals surface area contributed by atoms with Gasteiger partial charge >= 0.3 is 47.6 Å². The summed E-state index contributed by atoms with van der Waals surface area (Å²) in [6.45, 7) is 0. The molecular formula is C18H9F17O. The van der Waals surface area contributed by atoms with Gasteiger partial charge in [0.25, 0.3) is 0 Å². The Balaban J connectivity index is 2.61. The SMILES string of the molecule is O=C1c2ccccc2CCC1C(F)(F)C(F)(F)C(F)(F)C(F)(F)C(F)(F)C(F)(F)C(F)(F)C(F)(F)F. The van der Waals surface area contributed by atoms with E-state index in [2.05, 4.69) is 0 Å². The molecule has 1 aromatic carbocycles. The summed E-state index contributed by atoms with van der Waals surface area (Å²) in [5, 5.41) is 0. The minimum absolute atomic E-state index is 0.101. The van der Waals surface area contributed by atoms with Crippen LogP contribution in [0.25, 0.3) is 0 Å². The number of rotatable bonds is 7. The second kappa shape index (κ2) is 8.10. The monoisotopic (exact) mass is 564 g/mol. The number of benzene rings is 1. The molecule has 1 atom stereocenters. The van der Waals surface area contributed by atoms with Gasteiger partial charge in [-0.15, -0.1) is 0 Å². The number of carbonyl (C=O) groups is 1. The number of carbonyl (C=O) groups excluding carboxylic acids is 1. The Morgan fingerprint density at radius 2 is 0.944 bits per heavy atom. The minimum atomic E-state index is -8.69. The van der Waals surface area contributed by atoms with Crippen LogP contribution in [0.1, 0.15) is 22.3 Å². The smallest absolute Gasteiger partial charge is 0.294 e. The lowest BCUT2D eigenvalue weighted by molar-refractivity contribution is -0.462. The number of alkyl halides is 17. The molecule has 0 aliphatic heterocycles. The highest BCUT2D eigenvalue weighted by Crippen LogP contribution is 2.64. The van der Waals surface area contributed by atoms with Crippen molar-refractivity contribution in [1.82, 2.24) is 0 Å². The highest BCUT2D eigenvalue weighted by atomic mass is 19.4. The van der Waals surface area contributed by atoms with Gasteiger partial charge in [0.2, 0.25) is 0 Å². The average molecular weight is 564 g/mol. The van der Waals surface area contributed by atoms with Crippen LogP contribution >= 0.6 is 0 Å². The molecule has 0 fully saturated rings. The van der Waals surface area contributed by atoms with Crippen molar-refractivity contribution < 1.29 is 79.4 Å². The molecule has 1 unspecified atom stereocenters. The summed E-state index contributed by atoms with van der Waals surface area (Å²) in [5.41, 5.74) is -0.892. The zero-order chi connectivity index (χ0) is 28.6. The Morgan fingerprint density at radius 1 is 0.556 bits per heavy atom. The van der Waals surface area contributed by atoms with Crippen molar-refractivity contribution in [1.29, 1.82) is 0 Å². The van der Waals surface area contributed by atoms with Crippen molar-refractivity contribution in [2.75, 3.05) is 0 Å². The summed E-state index contributed by atoms with van der Waals surface area (Å²) in [7, 11) is 0. The van der Waals surface area contributed by atoms with E-state index in [0.29, 0.717) is 0 Å². The Bertz CT molecular complexity index is 1010. The average Bonchev–Trinajstić information content (AvgIpc) is 2.72. The first-order valence-corrected chi connectivity index (χ1v) is 9.08. The molecular weight excluding hydrogens is 555 g/mol. The van der Waals surface area contributed by atoms with E-state index < -0.39 is 77.7 Å². The predicted octanol–water partition coefficient (Wildman–Crippen LogP) is 7.44. The molecule has 0 saturated heterocycles. The molecule has 1 aliphatic carbocycles. The maximum absolute atomic E-state index is 14.4. The molecule has 0 aromatic heterocycles. The van der Waals surface area contributed by atoms with Gasteiger partial charge < -0.3 is 0 Å². The van der Waals surface area contributed by atoms with Crippen molar-refractivity contribution in [2.45, 2.75) is 60.5 Å². The van der Waals surface area contributed by atoms with Crippen LogP contribution in [0.4, 0.5) is 74.6 Å². The first-order valence-electron chi connectivity index (χ1n) is 9.08. The highest BCUT2D eigenvalue weighted by molar-refractivity contribution is 6.00. The Morgan fingerprint density at radius 3 is 1.39 bits per heavy atom. The summed E-state index contributed by atoms with van der Waals surface area (Å²) >= 11 is 0. The summed E-state index contributed by atoms with van der Waals surface area (Å²) in [6.07, 6.45) is -10.0. The summed E-state index contributed by atoms with van der Waals surface area (Å²) in [5.74, 6) is -62.8. The predicted molar refractivity (Wildman–Crippen MR) is 83.3 cm³/mol. The molecule has 1 nitrogen and oxygen atoms in total. The highest BCUT2D eigenvalue weighted by Gasteiger charge is 2.95. The number of Topliss-reactive ketones (excluding diaryl/α,β-unsaturated/α-hetero) is 1. The second-order valence-electron chi connectivity index (χ2n) is 7.68. The van der Waals surface area contributed by atoms with E-state index in [-0.39, 0.29) is 5.56 Å². The van der Waals surface area contributed by atoms with Crippen LogP contribution in [-0.2, 0) is 6.42 Å². The van der Waals surface area contributed by atoms with Gasteiger partial charge in [0.1, 0.15) is 0 Å². The number of halogens is 17. The van der Waals surface area contributed by atoms with Crippen molar-refractivity contribution in [3.05, 3.63) is 35.4 Å². The van der Waals surface area contributed by atoms with Crippen LogP contribution in [0.5, 0.6) is 0 Å². The zero-order valence-electron chi connectivity index (χ0n) is 16.6. The summed E-state index contributed by atoms with van der Waals surface area (Å²) < 4.78 is 228. The molecule has 1 aromatic rings. The lowest BCUT2D eigenvalue weighted by Gasteiger charge is -2.44. The Kier molecular flexibility index (Phi) is 6.73. The quantitative estimate of drug-likeness (QED) is 0.315. The van der Waals surface area contributed by atoms with Gasteiger partial charge in [-0.05, 0) is 18.4 Å². The van der Waals surface area contributed by atoms with Crippen LogP contribution in [-0.4, -0.2) is 53.4 Å². The molecule has 0 bridgehead atoms. The normalized spacial score (nSPS) is 19.4. The van der Waals surface area contributed by atoms with Gasteiger partial charge in [0, 0.05) is 5.56 Å². The van der Waals surface area contributed by atoms with Gasteiger partial charge in [0.15, 0.2) is 5.78 Å². The lowest BCUT2D eigenvalue weighted by atomic mass is 9.75. The van der Waals surface area contributed by atoms with Crippen LogP contribution < -0.4 is 0 Å². The largest absolute Gasteiger partial charge is 0.460 e. The minimum Gasteiger partial charge on any atom is -0.294 e. The summed E-state index contributed by atoms with van der Waals surface area (Å²) in [4.78, 5) is 12.1. The molecule has 0 spiro atoms. The van der Waals surface area contributed by atoms with E-state index in [1.54, 1.807) is 0 Å². The van der Waals surface area contributed by atoms with Gasteiger partial charge in [-0.1, -0.05) is 24.3 Å². The summed E-state index contributed by atoms with van der Waals surface area (Å²) in [6, 6.07) is 4.00.